The molecule has 15 heavy (non-hydrogen) atoms. The number of aromatic nitrogens is 1. The summed E-state index contributed by atoms with van der Waals surface area (Å²) < 4.78 is 0.944. The predicted octanol–water partition coefficient (Wildman–Crippen LogP) is 3.05. The first-order valence-corrected chi connectivity index (χ1v) is 5.84. The van der Waals surface area contributed by atoms with E-state index >= 15 is 0 Å². The normalized spacial score (nSPS) is 11.5. The average molecular weight is 272 g/mol. The zero-order chi connectivity index (χ0) is 11.6. The molecule has 0 fully saturated rings. The van der Waals surface area contributed by atoms with E-state index in [1.54, 1.807) is 6.20 Å². The summed E-state index contributed by atoms with van der Waals surface area (Å²) in [6, 6.07) is 1.89. The molecule has 84 valence electrons. The van der Waals surface area contributed by atoms with Crippen molar-refractivity contribution in [3.05, 3.63) is 16.7 Å². The van der Waals surface area contributed by atoms with Gasteiger partial charge in [-0.15, -0.1) is 0 Å². The van der Waals surface area contributed by atoms with Gasteiger partial charge in [-0.25, -0.2) is 4.98 Å². The van der Waals surface area contributed by atoms with Crippen molar-refractivity contribution in [2.24, 2.45) is 0 Å². The predicted molar refractivity (Wildman–Crippen MR) is 69.1 cm³/mol. The van der Waals surface area contributed by atoms with Gasteiger partial charge in [0.05, 0.1) is 16.4 Å². The monoisotopic (exact) mass is 271 g/mol. The van der Waals surface area contributed by atoms with Gasteiger partial charge in [0.25, 0.3) is 0 Å². The fourth-order valence-electron chi connectivity index (χ4n) is 1.59. The van der Waals surface area contributed by atoms with Crippen LogP contribution in [0.3, 0.4) is 0 Å². The zero-order valence-corrected chi connectivity index (χ0v) is 11.3. The highest BCUT2D eigenvalue weighted by Crippen LogP contribution is 2.29. The van der Waals surface area contributed by atoms with Crippen molar-refractivity contribution >= 4 is 27.4 Å². The molecule has 1 aromatic rings. The van der Waals surface area contributed by atoms with E-state index in [1.165, 1.54) is 0 Å². The maximum Gasteiger partial charge on any atom is 0.143 e. The summed E-state index contributed by atoms with van der Waals surface area (Å²) in [5, 5.41) is 0. The molecule has 2 N–H and O–H groups in total. The van der Waals surface area contributed by atoms with Crippen LogP contribution in [0, 0.1) is 0 Å². The molecule has 1 aromatic heterocycles. The largest absolute Gasteiger partial charge is 0.397 e. The summed E-state index contributed by atoms with van der Waals surface area (Å²) >= 11 is 3.50. The lowest BCUT2D eigenvalue weighted by atomic mass is 10.1. The highest BCUT2D eigenvalue weighted by atomic mass is 79.9. The molecule has 0 unspecified atom stereocenters. The number of anilines is 2. The van der Waals surface area contributed by atoms with Crippen molar-refractivity contribution < 1.29 is 0 Å². The Morgan fingerprint density at radius 1 is 1.47 bits per heavy atom. The molecule has 3 nitrogen and oxygen atoms in total. The molecule has 0 aliphatic rings. The van der Waals surface area contributed by atoms with Gasteiger partial charge < -0.3 is 10.6 Å². The second-order valence-electron chi connectivity index (χ2n) is 4.49. The number of hydrogen-bond acceptors (Lipinski definition) is 3. The average Bonchev–Trinajstić information content (AvgIpc) is 2.07. The summed E-state index contributed by atoms with van der Waals surface area (Å²) in [6.07, 6.45) is 1.69. The summed E-state index contributed by atoms with van der Waals surface area (Å²) in [5.41, 5.74) is 6.40. The zero-order valence-electron chi connectivity index (χ0n) is 9.71. The molecule has 0 bridgehead atoms. The number of rotatable bonds is 2. The van der Waals surface area contributed by atoms with Crippen molar-refractivity contribution in [2.45, 2.75) is 33.2 Å². The van der Waals surface area contributed by atoms with Crippen molar-refractivity contribution in [1.29, 1.82) is 0 Å². The first kappa shape index (κ1) is 12.3. The molecule has 0 saturated heterocycles. The van der Waals surface area contributed by atoms with Crippen LogP contribution < -0.4 is 10.6 Å². The Hall–Kier alpha value is -0.770. The highest BCUT2D eigenvalue weighted by Gasteiger charge is 2.22. The standard InChI is InChI=1S/C11H18BrN3/c1-5-15(11(2,3)4)10-9(12)6-8(13)7-14-10/h6-7H,5,13H2,1-4H3. The molecule has 0 radical (unpaired) electrons. The van der Waals surface area contributed by atoms with Gasteiger partial charge >= 0.3 is 0 Å². The first-order valence-electron chi connectivity index (χ1n) is 5.05. The molecular formula is C11H18BrN3. The Morgan fingerprint density at radius 3 is 2.47 bits per heavy atom. The van der Waals surface area contributed by atoms with Crippen molar-refractivity contribution in [2.75, 3.05) is 17.2 Å². The number of pyridine rings is 1. The van der Waals surface area contributed by atoms with Crippen LogP contribution in [0.25, 0.3) is 0 Å². The van der Waals surface area contributed by atoms with Gasteiger partial charge in [0.1, 0.15) is 5.82 Å². The van der Waals surface area contributed by atoms with E-state index in [4.69, 9.17) is 5.73 Å². The molecule has 0 aliphatic carbocycles. The van der Waals surface area contributed by atoms with Crippen LogP contribution in [0.2, 0.25) is 0 Å². The minimum Gasteiger partial charge on any atom is -0.397 e. The molecule has 0 spiro atoms. The van der Waals surface area contributed by atoms with Crippen LogP contribution in [-0.4, -0.2) is 17.1 Å². The van der Waals surface area contributed by atoms with E-state index in [2.05, 4.69) is 53.5 Å². The Balaban J connectivity index is 3.13. The summed E-state index contributed by atoms with van der Waals surface area (Å²) in [7, 11) is 0. The highest BCUT2D eigenvalue weighted by molar-refractivity contribution is 9.10. The van der Waals surface area contributed by atoms with Crippen molar-refractivity contribution in [3.63, 3.8) is 0 Å². The molecule has 0 aliphatic heterocycles. The van der Waals surface area contributed by atoms with Gasteiger partial charge in [0, 0.05) is 12.1 Å². The quantitative estimate of drug-likeness (QED) is 0.899. The minimum atomic E-state index is 0.0559. The Labute approximate surface area is 99.8 Å². The van der Waals surface area contributed by atoms with Crippen LogP contribution in [0.5, 0.6) is 0 Å². The Bertz CT molecular complexity index is 344. The molecule has 0 saturated carbocycles. The van der Waals surface area contributed by atoms with Crippen LogP contribution in [-0.2, 0) is 0 Å². The van der Waals surface area contributed by atoms with E-state index in [-0.39, 0.29) is 5.54 Å². The van der Waals surface area contributed by atoms with E-state index in [0.29, 0.717) is 5.69 Å². The lowest BCUT2D eigenvalue weighted by molar-refractivity contribution is 0.507. The van der Waals surface area contributed by atoms with E-state index < -0.39 is 0 Å². The minimum absolute atomic E-state index is 0.0559. The van der Waals surface area contributed by atoms with Crippen molar-refractivity contribution in [1.82, 2.24) is 4.98 Å². The Kier molecular flexibility index (Phi) is 3.60. The van der Waals surface area contributed by atoms with Gasteiger partial charge in [0.2, 0.25) is 0 Å². The van der Waals surface area contributed by atoms with E-state index in [1.807, 2.05) is 6.07 Å². The van der Waals surface area contributed by atoms with E-state index in [9.17, 15) is 0 Å². The molecule has 4 heteroatoms. The number of hydrogen-bond donors (Lipinski definition) is 1. The molecule has 0 amide bonds. The topological polar surface area (TPSA) is 42.2 Å². The summed E-state index contributed by atoms with van der Waals surface area (Å²) in [5.74, 6) is 0.944. The van der Waals surface area contributed by atoms with Crippen molar-refractivity contribution in [3.8, 4) is 0 Å². The molecule has 1 heterocycles. The second kappa shape index (κ2) is 4.39. The van der Waals surface area contributed by atoms with E-state index in [0.717, 1.165) is 16.8 Å². The van der Waals surface area contributed by atoms with Gasteiger partial charge in [-0.2, -0.15) is 0 Å². The van der Waals surface area contributed by atoms with Gasteiger partial charge in [-0.3, -0.25) is 0 Å². The third-order valence-electron chi connectivity index (χ3n) is 2.22. The van der Waals surface area contributed by atoms with Gasteiger partial charge in [0.15, 0.2) is 0 Å². The first-order chi connectivity index (χ1) is 6.86. The number of nitrogens with two attached hydrogens (primary N) is 1. The number of nitrogens with zero attached hydrogens (tertiary/aromatic N) is 2. The fourth-order valence-corrected chi connectivity index (χ4v) is 2.17. The molecular weight excluding hydrogens is 254 g/mol. The molecule has 0 aromatic carbocycles. The lowest BCUT2D eigenvalue weighted by Gasteiger charge is -2.36. The van der Waals surface area contributed by atoms with Crippen LogP contribution in [0.4, 0.5) is 11.5 Å². The summed E-state index contributed by atoms with van der Waals surface area (Å²) in [4.78, 5) is 6.60. The van der Waals surface area contributed by atoms with Crippen LogP contribution >= 0.6 is 15.9 Å². The SMILES string of the molecule is CCN(c1ncc(N)cc1Br)C(C)(C)C. The second-order valence-corrected chi connectivity index (χ2v) is 5.34. The molecule has 1 rings (SSSR count). The fraction of sp³-hybridized carbons (Fsp3) is 0.545. The molecule has 0 atom stereocenters. The lowest BCUT2D eigenvalue weighted by Crippen LogP contribution is -2.42. The third kappa shape index (κ3) is 2.84. The third-order valence-corrected chi connectivity index (χ3v) is 2.81. The van der Waals surface area contributed by atoms with Gasteiger partial charge in [-0.05, 0) is 49.7 Å². The smallest absolute Gasteiger partial charge is 0.143 e. The van der Waals surface area contributed by atoms with Crippen LogP contribution in [0.1, 0.15) is 27.7 Å². The van der Waals surface area contributed by atoms with Gasteiger partial charge in [-0.1, -0.05) is 0 Å². The number of nitrogen functional groups attached to an aromatic ring is 1. The maximum atomic E-state index is 5.67. The van der Waals surface area contributed by atoms with Crippen LogP contribution in [0.15, 0.2) is 16.7 Å². The summed E-state index contributed by atoms with van der Waals surface area (Å²) in [6.45, 7) is 9.54. The number of halogens is 1. The Morgan fingerprint density at radius 2 is 2.07 bits per heavy atom. The maximum absolute atomic E-state index is 5.67.